The average molecular weight is 368 g/mol. The third-order valence-electron chi connectivity index (χ3n) is 3.95. The highest BCUT2D eigenvalue weighted by atomic mass is 35.5. The number of nitrogens with zero attached hydrogens (tertiary/aromatic N) is 1. The number of fused-ring (bicyclic) bond motifs is 1. The van der Waals surface area contributed by atoms with E-state index < -0.39 is 21.9 Å². The summed E-state index contributed by atoms with van der Waals surface area (Å²) in [5.74, 6) is -0.0764. The Bertz CT molecular complexity index is 967. The van der Waals surface area contributed by atoms with Crippen molar-refractivity contribution in [2.24, 2.45) is 0 Å². The van der Waals surface area contributed by atoms with Gasteiger partial charge >= 0.3 is 0 Å². The lowest BCUT2D eigenvalue weighted by molar-refractivity contribution is 0.348. The Morgan fingerprint density at radius 2 is 1.88 bits per heavy atom. The molecule has 3 rings (SSSR count). The molecule has 4 nitrogen and oxygen atoms in total. The number of para-hydroxylation sites is 1. The number of benzene rings is 2. The van der Waals surface area contributed by atoms with Crippen LogP contribution in [0.2, 0.25) is 5.02 Å². The quantitative estimate of drug-likeness (QED) is 0.676. The molecule has 0 spiro atoms. The highest BCUT2D eigenvalue weighted by Gasteiger charge is 2.30. The van der Waals surface area contributed by atoms with Crippen molar-refractivity contribution < 1.29 is 17.2 Å². The molecule has 0 N–H and O–H groups in total. The van der Waals surface area contributed by atoms with Crippen LogP contribution in [0.5, 0.6) is 0 Å². The molecule has 0 bridgehead atoms. The fourth-order valence-electron chi connectivity index (χ4n) is 2.44. The summed E-state index contributed by atoms with van der Waals surface area (Å²) in [7, 11) is -2.46. The summed E-state index contributed by atoms with van der Waals surface area (Å²) in [6, 6.07) is 11.9. The third kappa shape index (κ3) is 2.92. The monoisotopic (exact) mass is 367 g/mol. The standard InChI is InChI=1S/C17H15ClFNO3S/c1-11(16-9-12-5-3-4-6-15(12)23-16)20(2)24(21,22)17-8-7-13(19)10-14(17)18/h3-11H,1-2H3/t11-/m0/s1. The Balaban J connectivity index is 1.98. The average Bonchev–Trinajstić information content (AvgIpc) is 2.97. The fourth-order valence-corrected chi connectivity index (χ4v) is 4.27. The van der Waals surface area contributed by atoms with E-state index in [1.165, 1.54) is 7.05 Å². The summed E-state index contributed by atoms with van der Waals surface area (Å²) in [4.78, 5) is -0.143. The molecule has 0 aliphatic heterocycles. The van der Waals surface area contributed by atoms with Crippen LogP contribution in [0.25, 0.3) is 11.0 Å². The van der Waals surface area contributed by atoms with Crippen LogP contribution in [0.3, 0.4) is 0 Å². The zero-order valence-electron chi connectivity index (χ0n) is 13.0. The van der Waals surface area contributed by atoms with E-state index in [0.717, 1.165) is 27.9 Å². The molecule has 0 amide bonds. The van der Waals surface area contributed by atoms with Crippen LogP contribution in [-0.4, -0.2) is 19.8 Å². The van der Waals surface area contributed by atoms with Gasteiger partial charge in [-0.2, -0.15) is 4.31 Å². The van der Waals surface area contributed by atoms with Crippen molar-refractivity contribution in [3.05, 3.63) is 65.1 Å². The molecule has 24 heavy (non-hydrogen) atoms. The van der Waals surface area contributed by atoms with Gasteiger partial charge in [0, 0.05) is 12.4 Å². The van der Waals surface area contributed by atoms with E-state index in [0.29, 0.717) is 11.3 Å². The molecule has 1 atom stereocenters. The summed E-state index contributed by atoms with van der Waals surface area (Å²) in [6.45, 7) is 1.71. The van der Waals surface area contributed by atoms with Crippen LogP contribution in [0, 0.1) is 5.82 Å². The number of hydrogen-bond acceptors (Lipinski definition) is 3. The van der Waals surface area contributed by atoms with Crippen LogP contribution < -0.4 is 0 Å². The zero-order chi connectivity index (χ0) is 17.5. The molecule has 0 aliphatic rings. The van der Waals surface area contributed by atoms with Gasteiger partial charge in [-0.25, -0.2) is 12.8 Å². The van der Waals surface area contributed by atoms with E-state index in [4.69, 9.17) is 16.0 Å². The van der Waals surface area contributed by atoms with Crippen molar-refractivity contribution in [3.8, 4) is 0 Å². The number of sulfonamides is 1. The first kappa shape index (κ1) is 17.0. The van der Waals surface area contributed by atoms with E-state index in [-0.39, 0.29) is 9.92 Å². The summed E-state index contributed by atoms with van der Waals surface area (Å²) in [5.41, 5.74) is 0.685. The molecule has 0 fully saturated rings. The second-order valence-corrected chi connectivity index (χ2v) is 7.83. The molecular formula is C17H15ClFNO3S. The lowest BCUT2D eigenvalue weighted by Crippen LogP contribution is -2.29. The van der Waals surface area contributed by atoms with E-state index in [9.17, 15) is 12.8 Å². The lowest BCUT2D eigenvalue weighted by atomic mass is 10.2. The largest absolute Gasteiger partial charge is 0.459 e. The maximum Gasteiger partial charge on any atom is 0.244 e. The van der Waals surface area contributed by atoms with Gasteiger partial charge in [0.2, 0.25) is 10.0 Å². The molecule has 126 valence electrons. The van der Waals surface area contributed by atoms with Gasteiger partial charge in [0.05, 0.1) is 11.1 Å². The normalized spacial score (nSPS) is 13.5. The SMILES string of the molecule is C[C@@H](c1cc2ccccc2o1)N(C)S(=O)(=O)c1ccc(F)cc1Cl. The molecule has 0 unspecified atom stereocenters. The van der Waals surface area contributed by atoms with Gasteiger partial charge in [0.15, 0.2) is 0 Å². The Hall–Kier alpha value is -1.89. The lowest BCUT2D eigenvalue weighted by Gasteiger charge is -2.23. The maximum atomic E-state index is 13.2. The summed E-state index contributed by atoms with van der Waals surface area (Å²) < 4.78 is 45.6. The van der Waals surface area contributed by atoms with Crippen molar-refractivity contribution in [1.82, 2.24) is 4.31 Å². The summed E-state index contributed by atoms with van der Waals surface area (Å²) in [6.07, 6.45) is 0. The minimum absolute atomic E-state index is 0.143. The first-order valence-corrected chi connectivity index (χ1v) is 9.04. The van der Waals surface area contributed by atoms with E-state index in [2.05, 4.69) is 0 Å². The summed E-state index contributed by atoms with van der Waals surface area (Å²) in [5, 5.41) is 0.739. The number of hydrogen-bond donors (Lipinski definition) is 0. The summed E-state index contributed by atoms with van der Waals surface area (Å²) >= 11 is 5.90. The fraction of sp³-hybridized carbons (Fsp3) is 0.176. The highest BCUT2D eigenvalue weighted by Crippen LogP contribution is 2.32. The first-order chi connectivity index (χ1) is 11.3. The van der Waals surface area contributed by atoms with Crippen LogP contribution in [-0.2, 0) is 10.0 Å². The minimum Gasteiger partial charge on any atom is -0.459 e. The van der Waals surface area contributed by atoms with Crippen molar-refractivity contribution in [3.63, 3.8) is 0 Å². The molecule has 0 aliphatic carbocycles. The Morgan fingerprint density at radius 3 is 2.54 bits per heavy atom. The molecule has 0 saturated carbocycles. The second-order valence-electron chi connectivity index (χ2n) is 5.46. The second kappa shape index (κ2) is 6.20. The van der Waals surface area contributed by atoms with Crippen molar-refractivity contribution in [2.75, 3.05) is 7.05 Å². The molecule has 1 heterocycles. The van der Waals surface area contributed by atoms with Crippen LogP contribution >= 0.6 is 11.6 Å². The van der Waals surface area contributed by atoms with Gasteiger partial charge in [-0.3, -0.25) is 0 Å². The number of halogens is 2. The predicted octanol–water partition coefficient (Wildman–Crippen LogP) is 4.61. The number of furan rings is 1. The van der Waals surface area contributed by atoms with E-state index in [1.807, 2.05) is 24.3 Å². The van der Waals surface area contributed by atoms with Gasteiger partial charge in [0.1, 0.15) is 22.1 Å². The van der Waals surface area contributed by atoms with E-state index in [1.54, 1.807) is 13.0 Å². The van der Waals surface area contributed by atoms with Crippen molar-refractivity contribution in [2.45, 2.75) is 17.9 Å². The molecule has 2 aromatic carbocycles. The van der Waals surface area contributed by atoms with Crippen molar-refractivity contribution in [1.29, 1.82) is 0 Å². The molecule has 0 saturated heterocycles. The maximum absolute atomic E-state index is 13.2. The topological polar surface area (TPSA) is 50.5 Å². The Kier molecular flexibility index (Phi) is 4.38. The van der Waals surface area contributed by atoms with Crippen LogP contribution in [0.4, 0.5) is 4.39 Å². The van der Waals surface area contributed by atoms with E-state index >= 15 is 0 Å². The smallest absolute Gasteiger partial charge is 0.244 e. The van der Waals surface area contributed by atoms with Crippen molar-refractivity contribution >= 4 is 32.6 Å². The van der Waals surface area contributed by atoms with Gasteiger partial charge in [-0.05, 0) is 37.3 Å². The molecular weight excluding hydrogens is 353 g/mol. The highest BCUT2D eigenvalue weighted by molar-refractivity contribution is 7.89. The minimum atomic E-state index is -3.90. The first-order valence-electron chi connectivity index (χ1n) is 7.22. The third-order valence-corrected chi connectivity index (χ3v) is 6.36. The van der Waals surface area contributed by atoms with Gasteiger partial charge < -0.3 is 4.42 Å². The van der Waals surface area contributed by atoms with Gasteiger partial charge in [-0.1, -0.05) is 29.8 Å². The number of rotatable bonds is 4. The predicted molar refractivity (Wildman–Crippen MR) is 91.0 cm³/mol. The Labute approximate surface area is 144 Å². The van der Waals surface area contributed by atoms with Crippen LogP contribution in [0.15, 0.2) is 57.8 Å². The van der Waals surface area contributed by atoms with Gasteiger partial charge in [0.25, 0.3) is 0 Å². The molecule has 0 radical (unpaired) electrons. The molecule has 1 aromatic heterocycles. The molecule has 7 heteroatoms. The van der Waals surface area contributed by atoms with Gasteiger partial charge in [-0.15, -0.1) is 0 Å². The van der Waals surface area contributed by atoms with Crippen LogP contribution in [0.1, 0.15) is 18.7 Å². The molecule has 3 aromatic rings. The Morgan fingerprint density at radius 1 is 1.17 bits per heavy atom. The zero-order valence-corrected chi connectivity index (χ0v) is 14.6.